The van der Waals surface area contributed by atoms with E-state index in [1.165, 1.54) is 24.3 Å². The van der Waals surface area contributed by atoms with Gasteiger partial charge in [-0.25, -0.2) is 9.37 Å². The molecule has 2 aromatic rings. The van der Waals surface area contributed by atoms with Crippen LogP contribution in [0.5, 0.6) is 0 Å². The number of nitrogens with zero attached hydrogens (tertiary/aromatic N) is 2. The third-order valence-corrected chi connectivity index (χ3v) is 3.03. The summed E-state index contributed by atoms with van der Waals surface area (Å²) in [5.74, 6) is -0.0634. The maximum Gasteiger partial charge on any atom is 0.251 e. The van der Waals surface area contributed by atoms with Crippen molar-refractivity contribution in [2.24, 2.45) is 0 Å². The van der Waals surface area contributed by atoms with E-state index < -0.39 is 0 Å². The van der Waals surface area contributed by atoms with Crippen LogP contribution in [0.2, 0.25) is 0 Å². The smallest absolute Gasteiger partial charge is 0.251 e. The minimum Gasteiger partial charge on any atom is -0.368 e. The van der Waals surface area contributed by atoms with E-state index in [4.69, 9.17) is 5.26 Å². The highest BCUT2D eigenvalue weighted by Crippen LogP contribution is 2.08. The number of aromatic nitrogens is 1. The molecule has 0 aliphatic heterocycles. The van der Waals surface area contributed by atoms with Gasteiger partial charge in [-0.2, -0.15) is 5.26 Å². The Labute approximate surface area is 127 Å². The van der Waals surface area contributed by atoms with Gasteiger partial charge in [0.25, 0.3) is 5.91 Å². The molecule has 2 N–H and O–H groups in total. The van der Waals surface area contributed by atoms with Crippen molar-refractivity contribution < 1.29 is 9.18 Å². The molecular weight excluding hydrogens is 283 g/mol. The van der Waals surface area contributed by atoms with E-state index in [9.17, 15) is 9.18 Å². The fraction of sp³-hybridized carbons (Fsp3) is 0.188. The van der Waals surface area contributed by atoms with Crippen LogP contribution in [0.4, 0.5) is 10.2 Å². The minimum absolute atomic E-state index is 0.267. The van der Waals surface area contributed by atoms with Gasteiger partial charge in [-0.3, -0.25) is 4.79 Å². The standard InChI is InChI=1S/C16H15FN4O/c1-11-2-7-15(21-14(11)10-18)19-8-9-20-16(22)12-3-5-13(17)6-4-12/h2-7H,8-9H2,1H3,(H,19,21)(H,20,22). The van der Waals surface area contributed by atoms with Crippen molar-refractivity contribution in [2.45, 2.75) is 6.92 Å². The lowest BCUT2D eigenvalue weighted by Gasteiger charge is -2.08. The van der Waals surface area contributed by atoms with Crippen molar-refractivity contribution >= 4 is 11.7 Å². The second kappa shape index (κ2) is 7.18. The zero-order chi connectivity index (χ0) is 15.9. The Morgan fingerprint density at radius 2 is 1.95 bits per heavy atom. The van der Waals surface area contributed by atoms with Crippen LogP contribution in [0.3, 0.4) is 0 Å². The lowest BCUT2D eigenvalue weighted by molar-refractivity contribution is 0.0955. The molecule has 5 nitrogen and oxygen atoms in total. The van der Waals surface area contributed by atoms with Crippen LogP contribution in [0.15, 0.2) is 36.4 Å². The molecule has 22 heavy (non-hydrogen) atoms. The SMILES string of the molecule is Cc1ccc(NCCNC(=O)c2ccc(F)cc2)nc1C#N. The highest BCUT2D eigenvalue weighted by Gasteiger charge is 2.05. The molecule has 112 valence electrons. The van der Waals surface area contributed by atoms with Gasteiger partial charge in [0.15, 0.2) is 0 Å². The Morgan fingerprint density at radius 3 is 2.64 bits per heavy atom. The molecule has 0 atom stereocenters. The Hall–Kier alpha value is -2.94. The molecule has 0 aliphatic rings. The molecule has 2 rings (SSSR count). The molecule has 1 aromatic heterocycles. The number of rotatable bonds is 5. The summed E-state index contributed by atoms with van der Waals surface area (Å²) >= 11 is 0. The molecule has 0 unspecified atom stereocenters. The van der Waals surface area contributed by atoms with Gasteiger partial charge in [0.05, 0.1) is 0 Å². The molecule has 0 spiro atoms. The molecule has 0 aliphatic carbocycles. The van der Waals surface area contributed by atoms with Crippen LogP contribution >= 0.6 is 0 Å². The van der Waals surface area contributed by atoms with E-state index in [1.54, 1.807) is 6.07 Å². The van der Waals surface area contributed by atoms with Crippen molar-refractivity contribution in [1.29, 1.82) is 5.26 Å². The maximum absolute atomic E-state index is 12.8. The van der Waals surface area contributed by atoms with E-state index in [-0.39, 0.29) is 11.7 Å². The van der Waals surface area contributed by atoms with Crippen molar-refractivity contribution in [1.82, 2.24) is 10.3 Å². The minimum atomic E-state index is -0.378. The predicted octanol–water partition coefficient (Wildman–Crippen LogP) is 2.24. The van der Waals surface area contributed by atoms with Crippen molar-refractivity contribution in [3.63, 3.8) is 0 Å². The van der Waals surface area contributed by atoms with Gasteiger partial charge in [0.2, 0.25) is 0 Å². The Bertz CT molecular complexity index is 707. The monoisotopic (exact) mass is 298 g/mol. The van der Waals surface area contributed by atoms with Gasteiger partial charge in [-0.1, -0.05) is 6.07 Å². The summed E-state index contributed by atoms with van der Waals surface area (Å²) in [6.07, 6.45) is 0. The normalized spacial score (nSPS) is 9.86. The largest absolute Gasteiger partial charge is 0.368 e. The van der Waals surface area contributed by atoms with Crippen LogP contribution in [-0.2, 0) is 0 Å². The van der Waals surface area contributed by atoms with Gasteiger partial charge in [-0.05, 0) is 42.8 Å². The van der Waals surface area contributed by atoms with Crippen molar-refractivity contribution in [2.75, 3.05) is 18.4 Å². The predicted molar refractivity (Wildman–Crippen MR) is 80.9 cm³/mol. The van der Waals surface area contributed by atoms with Gasteiger partial charge in [-0.15, -0.1) is 0 Å². The number of hydrogen-bond acceptors (Lipinski definition) is 4. The lowest BCUT2D eigenvalue weighted by atomic mass is 10.2. The summed E-state index contributed by atoms with van der Waals surface area (Å²) < 4.78 is 12.8. The second-order valence-corrected chi connectivity index (χ2v) is 4.66. The molecule has 6 heteroatoms. The number of amides is 1. The molecule has 1 amide bonds. The van der Waals surface area contributed by atoms with E-state index in [0.29, 0.717) is 30.2 Å². The summed E-state index contributed by atoms with van der Waals surface area (Å²) in [4.78, 5) is 15.9. The third kappa shape index (κ3) is 4.03. The fourth-order valence-corrected chi connectivity index (χ4v) is 1.81. The molecule has 0 radical (unpaired) electrons. The summed E-state index contributed by atoms with van der Waals surface area (Å²) in [6, 6.07) is 10.9. The first-order valence-electron chi connectivity index (χ1n) is 6.75. The Morgan fingerprint density at radius 1 is 1.23 bits per heavy atom. The summed E-state index contributed by atoms with van der Waals surface area (Å²) in [5, 5.41) is 14.6. The molecule has 1 heterocycles. The molecule has 1 aromatic carbocycles. The number of halogens is 1. The highest BCUT2D eigenvalue weighted by molar-refractivity contribution is 5.94. The van der Waals surface area contributed by atoms with Crippen LogP contribution in [0.1, 0.15) is 21.6 Å². The lowest BCUT2D eigenvalue weighted by Crippen LogP contribution is -2.28. The van der Waals surface area contributed by atoms with E-state index in [1.807, 2.05) is 19.1 Å². The molecule has 0 saturated carbocycles. The Balaban J connectivity index is 1.81. The van der Waals surface area contributed by atoms with E-state index in [2.05, 4.69) is 15.6 Å². The summed E-state index contributed by atoms with van der Waals surface area (Å²) in [5.41, 5.74) is 1.60. The first-order valence-corrected chi connectivity index (χ1v) is 6.75. The number of aryl methyl sites for hydroxylation is 1. The first kappa shape index (κ1) is 15.4. The second-order valence-electron chi connectivity index (χ2n) is 4.66. The fourth-order valence-electron chi connectivity index (χ4n) is 1.81. The number of nitriles is 1. The average Bonchev–Trinajstić information content (AvgIpc) is 2.53. The van der Waals surface area contributed by atoms with Crippen molar-refractivity contribution in [3.8, 4) is 6.07 Å². The third-order valence-electron chi connectivity index (χ3n) is 3.03. The number of hydrogen-bond donors (Lipinski definition) is 2. The Kier molecular flexibility index (Phi) is 5.04. The van der Waals surface area contributed by atoms with Gasteiger partial charge in [0.1, 0.15) is 23.4 Å². The van der Waals surface area contributed by atoms with Crippen LogP contribution in [0.25, 0.3) is 0 Å². The molecule has 0 saturated heterocycles. The maximum atomic E-state index is 12.8. The quantitative estimate of drug-likeness (QED) is 0.830. The van der Waals surface area contributed by atoms with Gasteiger partial charge >= 0.3 is 0 Å². The number of carbonyl (C=O) groups is 1. The number of pyridine rings is 1. The molecular formula is C16H15FN4O. The highest BCUT2D eigenvalue weighted by atomic mass is 19.1. The van der Waals surface area contributed by atoms with E-state index in [0.717, 1.165) is 5.56 Å². The first-order chi connectivity index (χ1) is 10.6. The van der Waals surface area contributed by atoms with Crippen LogP contribution in [0, 0.1) is 24.1 Å². The van der Waals surface area contributed by atoms with E-state index >= 15 is 0 Å². The summed E-state index contributed by atoms with van der Waals surface area (Å²) in [6.45, 7) is 2.67. The van der Waals surface area contributed by atoms with Gasteiger partial charge in [0, 0.05) is 18.7 Å². The average molecular weight is 298 g/mol. The zero-order valence-electron chi connectivity index (χ0n) is 12.1. The number of anilines is 1. The molecule has 0 bridgehead atoms. The number of nitrogens with one attached hydrogen (secondary N) is 2. The topological polar surface area (TPSA) is 77.8 Å². The zero-order valence-corrected chi connectivity index (χ0v) is 12.1. The molecule has 0 fully saturated rings. The van der Waals surface area contributed by atoms with Crippen molar-refractivity contribution in [3.05, 3.63) is 59.0 Å². The number of benzene rings is 1. The van der Waals surface area contributed by atoms with Gasteiger partial charge < -0.3 is 10.6 Å². The summed E-state index contributed by atoms with van der Waals surface area (Å²) in [7, 11) is 0. The number of carbonyl (C=O) groups excluding carboxylic acids is 1. The van der Waals surface area contributed by atoms with Crippen LogP contribution < -0.4 is 10.6 Å². The van der Waals surface area contributed by atoms with Crippen LogP contribution in [-0.4, -0.2) is 24.0 Å².